The summed E-state index contributed by atoms with van der Waals surface area (Å²) in [7, 11) is 1.63. The predicted molar refractivity (Wildman–Crippen MR) is 82.1 cm³/mol. The van der Waals surface area contributed by atoms with Crippen LogP contribution in [0.15, 0.2) is 29.4 Å². The zero-order valence-electron chi connectivity index (χ0n) is 12.4. The molecule has 1 aromatic carbocycles. The molecule has 0 aliphatic carbocycles. The van der Waals surface area contributed by atoms with Gasteiger partial charge in [-0.1, -0.05) is 32.6 Å². The van der Waals surface area contributed by atoms with E-state index in [-0.39, 0.29) is 5.91 Å². The molecular formula is C16H24N2O2. The molecule has 1 aromatic rings. The summed E-state index contributed by atoms with van der Waals surface area (Å²) in [6, 6.07) is 7.49. The van der Waals surface area contributed by atoms with Crippen molar-refractivity contribution in [2.24, 2.45) is 5.10 Å². The zero-order valence-corrected chi connectivity index (χ0v) is 12.4. The number of nitrogens with one attached hydrogen (secondary N) is 1. The second-order valence-corrected chi connectivity index (χ2v) is 4.73. The Kier molecular flexibility index (Phi) is 8.11. The number of hydrazone groups is 1. The van der Waals surface area contributed by atoms with Gasteiger partial charge in [0.15, 0.2) is 0 Å². The SMILES string of the molecule is CCCCCCCC(=O)N/N=C\c1ccc(OC)cc1. The Hall–Kier alpha value is -1.84. The Morgan fingerprint density at radius 2 is 1.90 bits per heavy atom. The van der Waals surface area contributed by atoms with Gasteiger partial charge >= 0.3 is 0 Å². The molecule has 0 spiro atoms. The van der Waals surface area contributed by atoms with Gasteiger partial charge in [-0.2, -0.15) is 5.10 Å². The number of nitrogens with zero attached hydrogens (tertiary/aromatic N) is 1. The van der Waals surface area contributed by atoms with Crippen LogP contribution in [0.3, 0.4) is 0 Å². The summed E-state index contributed by atoms with van der Waals surface area (Å²) in [5, 5.41) is 3.95. The standard InChI is InChI=1S/C16H24N2O2/c1-3-4-5-6-7-8-16(19)18-17-13-14-9-11-15(20-2)12-10-14/h9-13H,3-8H2,1-2H3,(H,18,19)/b17-13-. The molecular weight excluding hydrogens is 252 g/mol. The van der Waals surface area contributed by atoms with Gasteiger partial charge in [-0.05, 0) is 36.2 Å². The molecule has 0 heterocycles. The van der Waals surface area contributed by atoms with Crippen LogP contribution in [0.5, 0.6) is 5.75 Å². The van der Waals surface area contributed by atoms with Crippen molar-refractivity contribution in [2.75, 3.05) is 7.11 Å². The normalized spacial score (nSPS) is 10.7. The maximum absolute atomic E-state index is 11.5. The van der Waals surface area contributed by atoms with E-state index in [2.05, 4.69) is 17.5 Å². The topological polar surface area (TPSA) is 50.7 Å². The lowest BCUT2D eigenvalue weighted by molar-refractivity contribution is -0.121. The Labute approximate surface area is 121 Å². The smallest absolute Gasteiger partial charge is 0.240 e. The van der Waals surface area contributed by atoms with Crippen molar-refractivity contribution in [1.82, 2.24) is 5.43 Å². The maximum atomic E-state index is 11.5. The van der Waals surface area contributed by atoms with Crippen molar-refractivity contribution >= 4 is 12.1 Å². The highest BCUT2D eigenvalue weighted by Crippen LogP contribution is 2.09. The summed E-state index contributed by atoms with van der Waals surface area (Å²) in [6.45, 7) is 2.18. The van der Waals surface area contributed by atoms with Crippen molar-refractivity contribution in [3.8, 4) is 5.75 Å². The number of unbranched alkanes of at least 4 members (excludes halogenated alkanes) is 4. The van der Waals surface area contributed by atoms with Crippen LogP contribution in [0.2, 0.25) is 0 Å². The lowest BCUT2D eigenvalue weighted by atomic mass is 10.1. The molecule has 0 unspecified atom stereocenters. The van der Waals surface area contributed by atoms with E-state index in [0.29, 0.717) is 6.42 Å². The number of methoxy groups -OCH3 is 1. The van der Waals surface area contributed by atoms with Crippen LogP contribution in [0, 0.1) is 0 Å². The van der Waals surface area contributed by atoms with E-state index in [9.17, 15) is 4.79 Å². The third-order valence-corrected chi connectivity index (χ3v) is 3.03. The average molecular weight is 276 g/mol. The summed E-state index contributed by atoms with van der Waals surface area (Å²) in [5.41, 5.74) is 3.47. The van der Waals surface area contributed by atoms with Gasteiger partial charge in [0.05, 0.1) is 13.3 Å². The van der Waals surface area contributed by atoms with Crippen molar-refractivity contribution in [3.63, 3.8) is 0 Å². The van der Waals surface area contributed by atoms with E-state index >= 15 is 0 Å². The Morgan fingerprint density at radius 1 is 1.20 bits per heavy atom. The van der Waals surface area contributed by atoms with Gasteiger partial charge < -0.3 is 4.74 Å². The van der Waals surface area contributed by atoms with Crippen LogP contribution in [-0.2, 0) is 4.79 Å². The van der Waals surface area contributed by atoms with Crippen LogP contribution < -0.4 is 10.2 Å². The Balaban J connectivity index is 2.20. The minimum absolute atomic E-state index is 0.0220. The molecule has 4 nitrogen and oxygen atoms in total. The Morgan fingerprint density at radius 3 is 2.55 bits per heavy atom. The first-order chi connectivity index (χ1) is 9.76. The Bertz CT molecular complexity index is 413. The number of hydrogen-bond donors (Lipinski definition) is 1. The highest BCUT2D eigenvalue weighted by Gasteiger charge is 1.98. The molecule has 0 fully saturated rings. The lowest BCUT2D eigenvalue weighted by Gasteiger charge is -2.01. The highest BCUT2D eigenvalue weighted by atomic mass is 16.5. The number of hydrogen-bond acceptors (Lipinski definition) is 3. The van der Waals surface area contributed by atoms with Crippen LogP contribution in [0.1, 0.15) is 51.0 Å². The quantitative estimate of drug-likeness (QED) is 0.426. The average Bonchev–Trinajstić information content (AvgIpc) is 2.48. The van der Waals surface area contributed by atoms with E-state index in [4.69, 9.17) is 4.74 Å². The zero-order chi connectivity index (χ0) is 14.6. The van der Waals surface area contributed by atoms with Gasteiger partial charge in [0.1, 0.15) is 5.75 Å². The van der Waals surface area contributed by atoms with Gasteiger partial charge in [-0.3, -0.25) is 4.79 Å². The van der Waals surface area contributed by atoms with Crippen molar-refractivity contribution in [3.05, 3.63) is 29.8 Å². The van der Waals surface area contributed by atoms with Gasteiger partial charge in [0, 0.05) is 6.42 Å². The molecule has 0 aromatic heterocycles. The van der Waals surface area contributed by atoms with E-state index in [1.165, 1.54) is 19.3 Å². The van der Waals surface area contributed by atoms with Crippen molar-refractivity contribution < 1.29 is 9.53 Å². The van der Waals surface area contributed by atoms with Gasteiger partial charge in [0.2, 0.25) is 5.91 Å². The largest absolute Gasteiger partial charge is 0.497 e. The first kappa shape index (κ1) is 16.2. The minimum Gasteiger partial charge on any atom is -0.497 e. The van der Waals surface area contributed by atoms with Crippen LogP contribution in [0.4, 0.5) is 0 Å². The molecule has 20 heavy (non-hydrogen) atoms. The maximum Gasteiger partial charge on any atom is 0.240 e. The molecule has 0 saturated carbocycles. The molecule has 0 aliphatic rings. The molecule has 0 radical (unpaired) electrons. The fraction of sp³-hybridized carbons (Fsp3) is 0.500. The highest BCUT2D eigenvalue weighted by molar-refractivity contribution is 5.82. The number of amides is 1. The van der Waals surface area contributed by atoms with E-state index < -0.39 is 0 Å². The third-order valence-electron chi connectivity index (χ3n) is 3.03. The molecule has 1 N–H and O–H groups in total. The second-order valence-electron chi connectivity index (χ2n) is 4.73. The van der Waals surface area contributed by atoms with E-state index in [1.54, 1.807) is 13.3 Å². The number of carbonyl (C=O) groups is 1. The second kappa shape index (κ2) is 10.0. The first-order valence-electron chi connectivity index (χ1n) is 7.22. The van der Waals surface area contributed by atoms with E-state index in [0.717, 1.165) is 24.2 Å². The van der Waals surface area contributed by atoms with E-state index in [1.807, 2.05) is 24.3 Å². The molecule has 1 rings (SSSR count). The number of carbonyl (C=O) groups excluding carboxylic acids is 1. The number of rotatable bonds is 9. The molecule has 4 heteroatoms. The fourth-order valence-electron chi connectivity index (χ4n) is 1.81. The first-order valence-corrected chi connectivity index (χ1v) is 7.22. The number of benzene rings is 1. The minimum atomic E-state index is -0.0220. The summed E-state index contributed by atoms with van der Waals surface area (Å²) >= 11 is 0. The molecule has 0 bridgehead atoms. The molecule has 0 atom stereocenters. The fourth-order valence-corrected chi connectivity index (χ4v) is 1.81. The van der Waals surface area contributed by atoms with Crippen LogP contribution >= 0.6 is 0 Å². The van der Waals surface area contributed by atoms with Crippen molar-refractivity contribution in [2.45, 2.75) is 45.4 Å². The summed E-state index contributed by atoms with van der Waals surface area (Å²) in [5.74, 6) is 0.782. The lowest BCUT2D eigenvalue weighted by Crippen LogP contribution is -2.16. The summed E-state index contributed by atoms with van der Waals surface area (Å²) in [6.07, 6.45) is 7.90. The molecule has 110 valence electrons. The van der Waals surface area contributed by atoms with Crippen LogP contribution in [0.25, 0.3) is 0 Å². The molecule has 1 amide bonds. The molecule has 0 saturated heterocycles. The van der Waals surface area contributed by atoms with Crippen LogP contribution in [-0.4, -0.2) is 19.2 Å². The number of ether oxygens (including phenoxy) is 1. The molecule has 0 aliphatic heterocycles. The third kappa shape index (κ3) is 6.92. The van der Waals surface area contributed by atoms with Gasteiger partial charge in [0.25, 0.3) is 0 Å². The van der Waals surface area contributed by atoms with Gasteiger partial charge in [-0.25, -0.2) is 5.43 Å². The van der Waals surface area contributed by atoms with Crippen molar-refractivity contribution in [1.29, 1.82) is 0 Å². The summed E-state index contributed by atoms with van der Waals surface area (Å²) < 4.78 is 5.07. The summed E-state index contributed by atoms with van der Waals surface area (Å²) in [4.78, 5) is 11.5. The predicted octanol–water partition coefficient (Wildman–Crippen LogP) is 3.51. The monoisotopic (exact) mass is 276 g/mol. The van der Waals surface area contributed by atoms with Gasteiger partial charge in [-0.15, -0.1) is 0 Å².